The van der Waals surface area contributed by atoms with Crippen LogP contribution in [0.1, 0.15) is 19.8 Å². The molecular weight excluding hydrogens is 352 g/mol. The number of nitrogens with one attached hydrogen (secondary N) is 1. The first-order valence-electron chi connectivity index (χ1n) is 5.89. The Balaban J connectivity index is 3.21. The van der Waals surface area contributed by atoms with Gasteiger partial charge in [0.2, 0.25) is 10.0 Å². The minimum atomic E-state index is -4.02. The number of hydrogen-bond acceptors (Lipinski definition) is 5. The van der Waals surface area contributed by atoms with Gasteiger partial charge in [0.05, 0.1) is 4.92 Å². The second-order valence-electron chi connectivity index (χ2n) is 4.11. The Morgan fingerprint density at radius 1 is 1.50 bits per heavy atom. The van der Waals surface area contributed by atoms with Crippen LogP contribution >= 0.6 is 15.9 Å². The van der Waals surface area contributed by atoms with Crippen LogP contribution in [-0.2, 0) is 10.0 Å². The van der Waals surface area contributed by atoms with Gasteiger partial charge in [0.25, 0.3) is 5.69 Å². The van der Waals surface area contributed by atoms with E-state index in [1.807, 2.05) is 0 Å². The third-order valence-electron chi connectivity index (χ3n) is 2.70. The van der Waals surface area contributed by atoms with Gasteiger partial charge in [-0.3, -0.25) is 10.1 Å². The molecule has 1 aromatic rings. The second-order valence-corrected chi connectivity index (χ2v) is 6.71. The lowest BCUT2D eigenvalue weighted by atomic mass is 10.2. The first-order valence-corrected chi connectivity index (χ1v) is 8.16. The minimum absolute atomic E-state index is 0.165. The number of aliphatic hydroxyl groups excluding tert-OH is 1. The van der Waals surface area contributed by atoms with Crippen molar-refractivity contribution in [2.24, 2.45) is 0 Å². The molecule has 0 amide bonds. The van der Waals surface area contributed by atoms with Gasteiger partial charge >= 0.3 is 0 Å². The number of aliphatic hydroxyl groups is 1. The van der Waals surface area contributed by atoms with E-state index in [-0.39, 0.29) is 13.0 Å². The van der Waals surface area contributed by atoms with E-state index in [2.05, 4.69) is 20.7 Å². The van der Waals surface area contributed by atoms with Crippen LogP contribution in [0.4, 0.5) is 5.69 Å². The molecule has 0 bridgehead atoms. The van der Waals surface area contributed by atoms with E-state index in [0.717, 1.165) is 6.07 Å². The Bertz CT molecular complexity index is 590. The molecule has 9 heteroatoms. The molecule has 0 saturated carbocycles. The summed E-state index contributed by atoms with van der Waals surface area (Å²) >= 11 is 3.10. The third kappa shape index (κ3) is 4.23. The molecule has 0 saturated heterocycles. The smallest absolute Gasteiger partial charge is 0.289 e. The van der Waals surface area contributed by atoms with Crippen LogP contribution in [0, 0.1) is 10.1 Å². The summed E-state index contributed by atoms with van der Waals surface area (Å²) < 4.78 is 27.3. The van der Waals surface area contributed by atoms with Crippen molar-refractivity contribution in [2.45, 2.75) is 30.7 Å². The molecule has 1 aromatic carbocycles. The highest BCUT2D eigenvalue weighted by atomic mass is 79.9. The van der Waals surface area contributed by atoms with Crippen molar-refractivity contribution >= 4 is 31.6 Å². The van der Waals surface area contributed by atoms with Gasteiger partial charge < -0.3 is 5.11 Å². The molecule has 1 unspecified atom stereocenters. The SMILES string of the molecule is CCC(CCO)NS(=O)(=O)c1cc(Br)ccc1[N+](=O)[O-]. The number of nitrogens with zero attached hydrogens (tertiary/aromatic N) is 1. The van der Waals surface area contributed by atoms with Gasteiger partial charge in [-0.1, -0.05) is 22.9 Å². The standard InChI is InChI=1S/C11H15BrN2O5S/c1-2-9(5-6-15)13-20(18,19)11-7-8(12)3-4-10(11)14(16)17/h3-4,7,9,13,15H,2,5-6H2,1H3. The van der Waals surface area contributed by atoms with Crippen LogP contribution in [0.3, 0.4) is 0 Å². The number of benzene rings is 1. The maximum atomic E-state index is 12.2. The summed E-state index contributed by atoms with van der Waals surface area (Å²) in [6.07, 6.45) is 0.721. The maximum absolute atomic E-state index is 12.2. The fourth-order valence-corrected chi connectivity index (χ4v) is 3.70. The van der Waals surface area contributed by atoms with Gasteiger partial charge in [0, 0.05) is 23.2 Å². The molecule has 20 heavy (non-hydrogen) atoms. The zero-order valence-corrected chi connectivity index (χ0v) is 13.1. The van der Waals surface area contributed by atoms with Gasteiger partial charge in [-0.05, 0) is 25.0 Å². The number of nitro benzene ring substituents is 1. The van der Waals surface area contributed by atoms with Crippen molar-refractivity contribution in [2.75, 3.05) is 6.61 Å². The van der Waals surface area contributed by atoms with E-state index in [0.29, 0.717) is 10.9 Å². The summed E-state index contributed by atoms with van der Waals surface area (Å²) in [5.41, 5.74) is -0.487. The first-order chi connectivity index (χ1) is 9.31. The van der Waals surface area contributed by atoms with E-state index < -0.39 is 31.6 Å². The summed E-state index contributed by atoms with van der Waals surface area (Å²) in [6, 6.07) is 3.25. The van der Waals surface area contributed by atoms with Crippen LogP contribution in [0.5, 0.6) is 0 Å². The van der Waals surface area contributed by atoms with E-state index in [1.165, 1.54) is 12.1 Å². The van der Waals surface area contributed by atoms with E-state index in [9.17, 15) is 18.5 Å². The predicted octanol–water partition coefficient (Wildman–Crippen LogP) is 1.80. The summed E-state index contributed by atoms with van der Waals surface area (Å²) in [7, 11) is -4.02. The van der Waals surface area contributed by atoms with E-state index >= 15 is 0 Å². The number of sulfonamides is 1. The summed E-state index contributed by atoms with van der Waals surface area (Å²) in [6.45, 7) is 1.60. The molecular formula is C11H15BrN2O5S. The highest BCUT2D eigenvalue weighted by Crippen LogP contribution is 2.27. The fraction of sp³-hybridized carbons (Fsp3) is 0.455. The van der Waals surface area contributed by atoms with Gasteiger partial charge in [-0.2, -0.15) is 0 Å². The van der Waals surface area contributed by atoms with E-state index in [4.69, 9.17) is 5.11 Å². The Hall–Kier alpha value is -1.03. The number of rotatable bonds is 7. The van der Waals surface area contributed by atoms with Gasteiger partial charge in [-0.25, -0.2) is 13.1 Å². The van der Waals surface area contributed by atoms with Crippen molar-refractivity contribution < 1.29 is 18.4 Å². The number of nitro groups is 1. The largest absolute Gasteiger partial charge is 0.396 e. The Labute approximate surface area is 125 Å². The summed E-state index contributed by atoms with van der Waals surface area (Å²) in [4.78, 5) is 9.78. The molecule has 0 spiro atoms. The highest BCUT2D eigenvalue weighted by Gasteiger charge is 2.27. The first kappa shape index (κ1) is 17.0. The van der Waals surface area contributed by atoms with Crippen LogP contribution in [0.15, 0.2) is 27.6 Å². The Kier molecular flexibility index (Phi) is 6.06. The van der Waals surface area contributed by atoms with Gasteiger partial charge in [0.15, 0.2) is 4.90 Å². The quantitative estimate of drug-likeness (QED) is 0.564. The zero-order chi connectivity index (χ0) is 15.3. The van der Waals surface area contributed by atoms with Crippen LogP contribution in [0.2, 0.25) is 0 Å². The van der Waals surface area contributed by atoms with Crippen molar-refractivity contribution in [3.8, 4) is 0 Å². The summed E-state index contributed by atoms with van der Waals surface area (Å²) in [5, 5.41) is 19.8. The summed E-state index contributed by atoms with van der Waals surface area (Å²) in [5.74, 6) is 0. The molecule has 1 rings (SSSR count). The average molecular weight is 367 g/mol. The number of halogens is 1. The van der Waals surface area contributed by atoms with Crippen molar-refractivity contribution in [1.82, 2.24) is 4.72 Å². The van der Waals surface area contributed by atoms with E-state index in [1.54, 1.807) is 6.92 Å². The lowest BCUT2D eigenvalue weighted by Gasteiger charge is -2.16. The van der Waals surface area contributed by atoms with Crippen LogP contribution < -0.4 is 4.72 Å². The minimum Gasteiger partial charge on any atom is -0.396 e. The molecule has 2 N–H and O–H groups in total. The van der Waals surface area contributed by atoms with Gasteiger partial charge in [0.1, 0.15) is 0 Å². The topological polar surface area (TPSA) is 110 Å². The molecule has 0 radical (unpaired) electrons. The van der Waals surface area contributed by atoms with Crippen molar-refractivity contribution in [3.05, 3.63) is 32.8 Å². The zero-order valence-electron chi connectivity index (χ0n) is 10.7. The Morgan fingerprint density at radius 2 is 2.15 bits per heavy atom. The maximum Gasteiger partial charge on any atom is 0.289 e. The molecule has 1 atom stereocenters. The number of hydrogen-bond donors (Lipinski definition) is 2. The molecule has 7 nitrogen and oxygen atoms in total. The molecule has 0 fully saturated rings. The highest BCUT2D eigenvalue weighted by molar-refractivity contribution is 9.10. The predicted molar refractivity (Wildman–Crippen MR) is 76.9 cm³/mol. The monoisotopic (exact) mass is 366 g/mol. The normalized spacial score (nSPS) is 13.2. The van der Waals surface area contributed by atoms with Crippen molar-refractivity contribution in [3.63, 3.8) is 0 Å². The second kappa shape index (κ2) is 7.11. The average Bonchev–Trinajstić information content (AvgIpc) is 2.37. The lowest BCUT2D eigenvalue weighted by molar-refractivity contribution is -0.387. The van der Waals surface area contributed by atoms with Crippen LogP contribution in [-0.4, -0.2) is 31.1 Å². The molecule has 0 aliphatic heterocycles. The molecule has 112 valence electrons. The fourth-order valence-electron chi connectivity index (χ4n) is 1.64. The molecule has 0 aliphatic rings. The molecule has 0 aliphatic carbocycles. The van der Waals surface area contributed by atoms with Gasteiger partial charge in [-0.15, -0.1) is 0 Å². The Morgan fingerprint density at radius 3 is 2.65 bits per heavy atom. The third-order valence-corrected chi connectivity index (χ3v) is 4.74. The molecule has 0 aromatic heterocycles. The lowest BCUT2D eigenvalue weighted by Crippen LogP contribution is -2.35. The van der Waals surface area contributed by atoms with Crippen LogP contribution in [0.25, 0.3) is 0 Å². The van der Waals surface area contributed by atoms with Crippen molar-refractivity contribution in [1.29, 1.82) is 0 Å². The molecule has 0 heterocycles.